The van der Waals surface area contributed by atoms with E-state index in [1.54, 1.807) is 0 Å². The first-order chi connectivity index (χ1) is 15.3. The van der Waals surface area contributed by atoms with Crippen LogP contribution < -0.4 is 4.74 Å². The van der Waals surface area contributed by atoms with Crippen LogP contribution in [0, 0.1) is 5.92 Å². The lowest BCUT2D eigenvalue weighted by atomic mass is 9.84. The highest BCUT2D eigenvalue weighted by atomic mass is 16.5. The van der Waals surface area contributed by atoms with E-state index in [1.165, 1.54) is 18.4 Å². The Morgan fingerprint density at radius 1 is 0.806 bits per heavy atom. The van der Waals surface area contributed by atoms with Crippen LogP contribution >= 0.6 is 0 Å². The van der Waals surface area contributed by atoms with Gasteiger partial charge in [0.1, 0.15) is 12.4 Å². The third-order valence-corrected chi connectivity index (χ3v) is 6.83. The predicted molar refractivity (Wildman–Crippen MR) is 123 cm³/mol. The average molecular weight is 412 g/mol. The standard InChI is InChI=1S/C28H29NO2/c30-28(23-12-7-13-27(18-23)31-20-22-10-5-2-6-11-22)24-16-25-14-15-26(17-24)29(25)19-21-8-3-1-4-9-21/h1-13,18,24-26H,14-17,19-20H2. The molecule has 3 aromatic rings. The summed E-state index contributed by atoms with van der Waals surface area (Å²) in [6, 6.07) is 29.6. The number of ketones is 1. The van der Waals surface area contributed by atoms with Gasteiger partial charge in [0.15, 0.2) is 5.78 Å². The number of benzene rings is 3. The summed E-state index contributed by atoms with van der Waals surface area (Å²) < 4.78 is 5.95. The molecule has 0 radical (unpaired) electrons. The van der Waals surface area contributed by atoms with Crippen molar-refractivity contribution in [3.63, 3.8) is 0 Å². The zero-order valence-electron chi connectivity index (χ0n) is 17.8. The molecule has 0 aliphatic carbocycles. The minimum absolute atomic E-state index is 0.119. The third kappa shape index (κ3) is 4.57. The van der Waals surface area contributed by atoms with Gasteiger partial charge < -0.3 is 4.74 Å². The highest BCUT2D eigenvalue weighted by molar-refractivity contribution is 5.98. The number of Topliss-reactive ketones (excluding diaryl/α,β-unsaturated/α-hetero) is 1. The second-order valence-electron chi connectivity index (χ2n) is 8.88. The maximum absolute atomic E-state index is 13.3. The Balaban J connectivity index is 1.23. The van der Waals surface area contributed by atoms with Crippen LogP contribution in [-0.4, -0.2) is 22.8 Å². The highest BCUT2D eigenvalue weighted by Gasteiger charge is 2.42. The van der Waals surface area contributed by atoms with Crippen LogP contribution in [0.15, 0.2) is 84.9 Å². The van der Waals surface area contributed by atoms with Crippen molar-refractivity contribution in [1.29, 1.82) is 0 Å². The van der Waals surface area contributed by atoms with Crippen molar-refractivity contribution in [1.82, 2.24) is 4.90 Å². The summed E-state index contributed by atoms with van der Waals surface area (Å²) in [5, 5.41) is 0. The molecule has 2 aliphatic heterocycles. The van der Waals surface area contributed by atoms with E-state index in [4.69, 9.17) is 4.74 Å². The van der Waals surface area contributed by atoms with E-state index < -0.39 is 0 Å². The largest absolute Gasteiger partial charge is 0.489 e. The van der Waals surface area contributed by atoms with Crippen LogP contribution in [0.5, 0.6) is 5.75 Å². The lowest BCUT2D eigenvalue weighted by Crippen LogP contribution is -2.44. The maximum Gasteiger partial charge on any atom is 0.166 e. The summed E-state index contributed by atoms with van der Waals surface area (Å²) in [6.07, 6.45) is 4.36. The summed E-state index contributed by atoms with van der Waals surface area (Å²) in [5.74, 6) is 1.16. The molecule has 2 fully saturated rings. The molecule has 2 heterocycles. The molecule has 31 heavy (non-hydrogen) atoms. The van der Waals surface area contributed by atoms with Crippen molar-refractivity contribution in [2.75, 3.05) is 0 Å². The molecule has 2 unspecified atom stereocenters. The molecule has 2 aliphatic rings. The summed E-state index contributed by atoms with van der Waals surface area (Å²) in [7, 11) is 0. The summed E-state index contributed by atoms with van der Waals surface area (Å²) in [4.78, 5) is 16.0. The van der Waals surface area contributed by atoms with E-state index in [1.807, 2.05) is 54.6 Å². The highest BCUT2D eigenvalue weighted by Crippen LogP contribution is 2.40. The van der Waals surface area contributed by atoms with Crippen LogP contribution in [-0.2, 0) is 13.2 Å². The van der Waals surface area contributed by atoms with E-state index >= 15 is 0 Å². The van der Waals surface area contributed by atoms with Gasteiger partial charge in [0, 0.05) is 30.1 Å². The number of carbonyl (C=O) groups excluding carboxylic acids is 1. The van der Waals surface area contributed by atoms with E-state index in [-0.39, 0.29) is 11.7 Å². The van der Waals surface area contributed by atoms with Gasteiger partial charge in [-0.2, -0.15) is 0 Å². The van der Waals surface area contributed by atoms with Gasteiger partial charge >= 0.3 is 0 Å². The molecular weight excluding hydrogens is 382 g/mol. The molecule has 0 spiro atoms. The quantitative estimate of drug-likeness (QED) is 0.454. The minimum atomic E-state index is 0.119. The van der Waals surface area contributed by atoms with Crippen molar-refractivity contribution in [2.45, 2.75) is 50.9 Å². The number of fused-ring (bicyclic) bond motifs is 2. The van der Waals surface area contributed by atoms with Gasteiger partial charge in [0.2, 0.25) is 0 Å². The Bertz CT molecular complexity index is 1000. The molecule has 2 atom stereocenters. The Morgan fingerprint density at radius 3 is 2.13 bits per heavy atom. The summed E-state index contributed by atoms with van der Waals surface area (Å²) in [5.41, 5.74) is 3.28. The van der Waals surface area contributed by atoms with Gasteiger partial charge in [-0.25, -0.2) is 0 Å². The van der Waals surface area contributed by atoms with Crippen LogP contribution in [0.4, 0.5) is 0 Å². The number of rotatable bonds is 7. The fourth-order valence-electron chi connectivity index (χ4n) is 5.26. The van der Waals surface area contributed by atoms with Gasteiger partial charge in [0.25, 0.3) is 0 Å². The second kappa shape index (κ2) is 9.07. The predicted octanol–water partition coefficient (Wildman–Crippen LogP) is 5.89. The van der Waals surface area contributed by atoms with E-state index in [9.17, 15) is 4.79 Å². The van der Waals surface area contributed by atoms with Crippen LogP contribution in [0.1, 0.15) is 47.2 Å². The Kier molecular flexibility index (Phi) is 5.86. The van der Waals surface area contributed by atoms with Crippen molar-refractivity contribution >= 4 is 5.78 Å². The van der Waals surface area contributed by atoms with Gasteiger partial charge in [-0.3, -0.25) is 9.69 Å². The first-order valence-corrected chi connectivity index (χ1v) is 11.4. The van der Waals surface area contributed by atoms with Gasteiger partial charge in [-0.1, -0.05) is 72.8 Å². The second-order valence-corrected chi connectivity index (χ2v) is 8.88. The summed E-state index contributed by atoms with van der Waals surface area (Å²) in [6.45, 7) is 1.51. The van der Waals surface area contributed by atoms with E-state index in [2.05, 4.69) is 35.2 Å². The lowest BCUT2D eigenvalue weighted by Gasteiger charge is -2.38. The molecule has 0 aromatic heterocycles. The van der Waals surface area contributed by atoms with Gasteiger partial charge in [0.05, 0.1) is 0 Å². The zero-order chi connectivity index (χ0) is 21.0. The SMILES string of the molecule is O=C(c1cccc(OCc2ccccc2)c1)C1CC2CCC(C1)N2Cc1ccccc1. The van der Waals surface area contributed by atoms with E-state index in [0.29, 0.717) is 18.7 Å². The number of hydrogen-bond donors (Lipinski definition) is 0. The van der Waals surface area contributed by atoms with Crippen molar-refractivity contribution in [3.05, 3.63) is 102 Å². The molecule has 5 rings (SSSR count). The first kappa shape index (κ1) is 20.0. The Labute approximate surface area is 184 Å². The number of piperidine rings is 1. The van der Waals surface area contributed by atoms with E-state index in [0.717, 1.165) is 36.3 Å². The first-order valence-electron chi connectivity index (χ1n) is 11.4. The Morgan fingerprint density at radius 2 is 1.45 bits per heavy atom. The smallest absolute Gasteiger partial charge is 0.166 e. The number of carbonyl (C=O) groups is 1. The maximum atomic E-state index is 13.3. The molecule has 2 bridgehead atoms. The molecule has 3 aromatic carbocycles. The number of hydrogen-bond acceptors (Lipinski definition) is 3. The monoisotopic (exact) mass is 411 g/mol. The van der Waals surface area contributed by atoms with Crippen LogP contribution in [0.3, 0.4) is 0 Å². The summed E-state index contributed by atoms with van der Waals surface area (Å²) >= 11 is 0. The lowest BCUT2D eigenvalue weighted by molar-refractivity contribution is 0.0678. The van der Waals surface area contributed by atoms with Crippen molar-refractivity contribution < 1.29 is 9.53 Å². The minimum Gasteiger partial charge on any atom is -0.489 e. The molecule has 2 saturated heterocycles. The fourth-order valence-corrected chi connectivity index (χ4v) is 5.26. The molecule has 0 saturated carbocycles. The van der Waals surface area contributed by atoms with Gasteiger partial charge in [-0.05, 0) is 48.9 Å². The molecule has 3 nitrogen and oxygen atoms in total. The number of ether oxygens (including phenoxy) is 1. The molecular formula is C28H29NO2. The van der Waals surface area contributed by atoms with Gasteiger partial charge in [-0.15, -0.1) is 0 Å². The fraction of sp³-hybridized carbons (Fsp3) is 0.321. The third-order valence-electron chi connectivity index (χ3n) is 6.83. The number of nitrogens with zero attached hydrogens (tertiary/aromatic N) is 1. The molecule has 3 heteroatoms. The van der Waals surface area contributed by atoms with Crippen LogP contribution in [0.2, 0.25) is 0 Å². The Hall–Kier alpha value is -2.91. The molecule has 0 amide bonds. The zero-order valence-corrected chi connectivity index (χ0v) is 17.8. The molecule has 158 valence electrons. The van der Waals surface area contributed by atoms with Crippen molar-refractivity contribution in [3.8, 4) is 5.75 Å². The average Bonchev–Trinajstić information content (AvgIpc) is 3.05. The topological polar surface area (TPSA) is 29.5 Å². The molecule has 0 N–H and O–H groups in total. The van der Waals surface area contributed by atoms with Crippen molar-refractivity contribution in [2.24, 2.45) is 5.92 Å². The van der Waals surface area contributed by atoms with Crippen LogP contribution in [0.25, 0.3) is 0 Å². The normalized spacial score (nSPS) is 22.9.